The van der Waals surface area contributed by atoms with Crippen LogP contribution in [0.15, 0.2) is 42.7 Å². The van der Waals surface area contributed by atoms with Crippen molar-refractivity contribution in [3.63, 3.8) is 0 Å². The number of carbonyl (C=O) groups excluding carboxylic acids is 1. The Morgan fingerprint density at radius 3 is 2.89 bits per heavy atom. The van der Waals surface area contributed by atoms with E-state index in [1.165, 1.54) is 6.07 Å². The number of rotatable bonds is 1. The van der Waals surface area contributed by atoms with Crippen LogP contribution in [0.5, 0.6) is 0 Å². The number of aromatic nitrogens is 2. The van der Waals surface area contributed by atoms with Crippen LogP contribution in [0.25, 0.3) is 11.0 Å². The number of likely N-dealkylation sites (tertiary alicyclic amines) is 1. The van der Waals surface area contributed by atoms with E-state index in [2.05, 4.69) is 36.8 Å². The molecule has 2 bridgehead atoms. The summed E-state index contributed by atoms with van der Waals surface area (Å²) >= 11 is 0. The molecule has 0 saturated carbocycles. The minimum absolute atomic E-state index is 0.0106. The van der Waals surface area contributed by atoms with E-state index in [4.69, 9.17) is 0 Å². The molecule has 2 heterocycles. The van der Waals surface area contributed by atoms with Crippen LogP contribution in [0.1, 0.15) is 48.7 Å². The summed E-state index contributed by atoms with van der Waals surface area (Å²) in [6, 6.07) is 10.9. The maximum absolute atomic E-state index is 14.7. The van der Waals surface area contributed by atoms with Gasteiger partial charge >= 0.3 is 0 Å². The number of imidazole rings is 1. The second-order valence-electron chi connectivity index (χ2n) is 8.92. The maximum atomic E-state index is 14.7. The van der Waals surface area contributed by atoms with Crippen molar-refractivity contribution in [2.45, 2.75) is 45.1 Å². The van der Waals surface area contributed by atoms with E-state index in [0.29, 0.717) is 18.5 Å². The highest BCUT2D eigenvalue weighted by molar-refractivity contribution is 5.97. The fourth-order valence-corrected chi connectivity index (χ4v) is 5.38. The minimum Gasteiger partial charge on any atom is -0.345 e. The van der Waals surface area contributed by atoms with Gasteiger partial charge in [0.25, 0.3) is 5.91 Å². The number of nitrogens with one attached hydrogen (secondary N) is 1. The second-order valence-corrected chi connectivity index (χ2v) is 8.92. The molecule has 1 aromatic heterocycles. The molecule has 1 amide bonds. The Bertz CT molecular complexity index is 1100. The fourth-order valence-electron chi connectivity index (χ4n) is 5.38. The molecule has 1 aliphatic heterocycles. The van der Waals surface area contributed by atoms with Gasteiger partial charge in [-0.2, -0.15) is 0 Å². The number of aromatic amines is 1. The van der Waals surface area contributed by atoms with Gasteiger partial charge in [0.2, 0.25) is 0 Å². The van der Waals surface area contributed by atoms with Gasteiger partial charge in [0.05, 0.1) is 17.4 Å². The van der Waals surface area contributed by atoms with Crippen molar-refractivity contribution in [2.24, 2.45) is 5.41 Å². The van der Waals surface area contributed by atoms with Crippen LogP contribution in [0.2, 0.25) is 0 Å². The van der Waals surface area contributed by atoms with Crippen molar-refractivity contribution >= 4 is 16.9 Å². The van der Waals surface area contributed by atoms with Crippen LogP contribution >= 0.6 is 0 Å². The van der Waals surface area contributed by atoms with E-state index >= 15 is 0 Å². The highest BCUT2D eigenvalue weighted by Crippen LogP contribution is 2.56. The zero-order chi connectivity index (χ0) is 19.7. The largest absolute Gasteiger partial charge is 0.345 e. The number of hydrogen-bond donors (Lipinski definition) is 1. The molecule has 1 aliphatic carbocycles. The molecule has 5 heteroatoms. The van der Waals surface area contributed by atoms with Crippen LogP contribution in [0.4, 0.5) is 4.39 Å². The Labute approximate surface area is 163 Å². The van der Waals surface area contributed by atoms with Crippen molar-refractivity contribution in [2.75, 3.05) is 6.54 Å². The third kappa shape index (κ3) is 2.16. The quantitative estimate of drug-likeness (QED) is 0.681. The monoisotopic (exact) mass is 377 g/mol. The maximum Gasteiger partial charge on any atom is 0.254 e. The predicted molar refractivity (Wildman–Crippen MR) is 107 cm³/mol. The average Bonchev–Trinajstić information content (AvgIpc) is 3.12. The molecular weight excluding hydrogens is 353 g/mol. The van der Waals surface area contributed by atoms with Crippen molar-refractivity contribution in [1.29, 1.82) is 0 Å². The topological polar surface area (TPSA) is 49.0 Å². The van der Waals surface area contributed by atoms with Gasteiger partial charge in [0, 0.05) is 23.6 Å². The first-order valence-electron chi connectivity index (χ1n) is 9.85. The molecule has 2 atom stereocenters. The van der Waals surface area contributed by atoms with Crippen LogP contribution in [0, 0.1) is 11.2 Å². The Hall–Kier alpha value is -2.69. The van der Waals surface area contributed by atoms with Gasteiger partial charge in [0.1, 0.15) is 5.82 Å². The van der Waals surface area contributed by atoms with Gasteiger partial charge in [-0.15, -0.1) is 0 Å². The number of carbonyl (C=O) groups is 1. The molecule has 4 nitrogen and oxygen atoms in total. The van der Waals surface area contributed by atoms with Crippen molar-refractivity contribution in [3.8, 4) is 0 Å². The average molecular weight is 377 g/mol. The molecule has 2 aliphatic rings. The summed E-state index contributed by atoms with van der Waals surface area (Å²) < 4.78 is 14.7. The standard InChI is InChI=1S/C23H24FN3O/c1-22(2)20-12-15-16(5-4-6-17(15)24)23(22,3)9-10-27(20)21(28)14-7-8-18-19(11-14)26-13-25-18/h4-8,11,13,20H,9-10,12H2,1-3H3,(H,25,26)/t20?,23-/m0/s1. The van der Waals surface area contributed by atoms with Crippen LogP contribution in [-0.2, 0) is 11.8 Å². The molecule has 1 N–H and O–H groups in total. The van der Waals surface area contributed by atoms with E-state index in [1.54, 1.807) is 6.33 Å². The van der Waals surface area contributed by atoms with Gasteiger partial charge in [-0.1, -0.05) is 32.9 Å². The van der Waals surface area contributed by atoms with E-state index < -0.39 is 0 Å². The predicted octanol–water partition coefficient (Wildman–Crippen LogP) is 4.46. The summed E-state index contributed by atoms with van der Waals surface area (Å²) in [4.78, 5) is 22.7. The summed E-state index contributed by atoms with van der Waals surface area (Å²) in [5.41, 5.74) is 3.92. The van der Waals surface area contributed by atoms with E-state index in [0.717, 1.165) is 28.6 Å². The fraction of sp³-hybridized carbons (Fsp3) is 0.391. The van der Waals surface area contributed by atoms with Gasteiger partial charge < -0.3 is 9.88 Å². The van der Waals surface area contributed by atoms with Crippen molar-refractivity contribution in [1.82, 2.24) is 14.9 Å². The number of nitrogens with zero attached hydrogens (tertiary/aromatic N) is 2. The molecule has 1 fully saturated rings. The Balaban J connectivity index is 1.58. The summed E-state index contributed by atoms with van der Waals surface area (Å²) in [6.07, 6.45) is 3.02. The van der Waals surface area contributed by atoms with Gasteiger partial charge in [-0.3, -0.25) is 4.79 Å². The molecule has 1 unspecified atom stereocenters. The smallest absolute Gasteiger partial charge is 0.254 e. The summed E-state index contributed by atoms with van der Waals surface area (Å²) in [5, 5.41) is 0. The first kappa shape index (κ1) is 17.4. The lowest BCUT2D eigenvalue weighted by molar-refractivity contribution is -0.0269. The van der Waals surface area contributed by atoms with Gasteiger partial charge in [-0.25, -0.2) is 9.37 Å². The molecular formula is C23H24FN3O. The lowest BCUT2D eigenvalue weighted by Gasteiger charge is -2.60. The summed E-state index contributed by atoms with van der Waals surface area (Å²) in [7, 11) is 0. The SMILES string of the molecule is CC1(C)C2Cc3c(F)cccc3[C@]1(C)CCN2C(=O)c1ccc2nc[nH]c2c1. The number of halogens is 1. The number of benzene rings is 2. The van der Waals surface area contributed by atoms with Gasteiger partial charge in [-0.05, 0) is 53.6 Å². The van der Waals surface area contributed by atoms with Crippen LogP contribution in [-0.4, -0.2) is 33.4 Å². The Kier molecular flexibility index (Phi) is 3.52. The van der Waals surface area contributed by atoms with Gasteiger partial charge in [0.15, 0.2) is 0 Å². The number of fused-ring (bicyclic) bond motifs is 5. The van der Waals surface area contributed by atoms with Crippen LogP contribution < -0.4 is 0 Å². The van der Waals surface area contributed by atoms with E-state index in [-0.39, 0.29) is 28.6 Å². The molecule has 5 rings (SSSR count). The highest BCUT2D eigenvalue weighted by Gasteiger charge is 2.57. The van der Waals surface area contributed by atoms with Crippen LogP contribution in [0.3, 0.4) is 0 Å². The van der Waals surface area contributed by atoms with Crippen molar-refractivity contribution in [3.05, 3.63) is 65.2 Å². The van der Waals surface area contributed by atoms with E-state index in [1.807, 2.05) is 29.2 Å². The number of hydrogen-bond acceptors (Lipinski definition) is 2. The first-order chi connectivity index (χ1) is 13.3. The number of piperidine rings is 1. The molecule has 2 aromatic carbocycles. The third-order valence-corrected chi connectivity index (χ3v) is 7.52. The molecule has 28 heavy (non-hydrogen) atoms. The minimum atomic E-state index is -0.155. The molecule has 144 valence electrons. The number of H-pyrrole nitrogens is 1. The zero-order valence-electron chi connectivity index (χ0n) is 16.4. The first-order valence-corrected chi connectivity index (χ1v) is 9.85. The lowest BCUT2D eigenvalue weighted by atomic mass is 9.51. The zero-order valence-corrected chi connectivity index (χ0v) is 16.4. The van der Waals surface area contributed by atoms with Crippen molar-refractivity contribution < 1.29 is 9.18 Å². The normalized spacial score (nSPS) is 25.6. The highest BCUT2D eigenvalue weighted by atomic mass is 19.1. The van der Waals surface area contributed by atoms with E-state index in [9.17, 15) is 9.18 Å². The third-order valence-electron chi connectivity index (χ3n) is 7.52. The molecule has 3 aromatic rings. The number of amides is 1. The Morgan fingerprint density at radius 1 is 1.25 bits per heavy atom. The Morgan fingerprint density at radius 2 is 2.07 bits per heavy atom. The second kappa shape index (κ2) is 5.66. The summed E-state index contributed by atoms with van der Waals surface area (Å²) in [6.45, 7) is 7.36. The molecule has 0 spiro atoms. The summed E-state index contributed by atoms with van der Waals surface area (Å²) in [5.74, 6) is -0.145. The molecule has 1 saturated heterocycles. The lowest BCUT2D eigenvalue weighted by Crippen LogP contribution is -2.65. The molecule has 0 radical (unpaired) electrons.